The van der Waals surface area contributed by atoms with Crippen LogP contribution in [0.2, 0.25) is 0 Å². The minimum absolute atomic E-state index is 0.00772. The minimum Gasteiger partial charge on any atom is -0.290 e. The molecule has 0 spiro atoms. The van der Waals surface area contributed by atoms with Crippen LogP contribution in [0.15, 0.2) is 29.4 Å². The van der Waals surface area contributed by atoms with Crippen LogP contribution in [-0.4, -0.2) is 27.4 Å². The Balaban J connectivity index is 2.37. The van der Waals surface area contributed by atoms with Gasteiger partial charge in [0, 0.05) is 18.4 Å². The van der Waals surface area contributed by atoms with Gasteiger partial charge in [0.05, 0.1) is 0 Å². The summed E-state index contributed by atoms with van der Waals surface area (Å²) >= 11 is 5.85. The van der Waals surface area contributed by atoms with Gasteiger partial charge in [0.2, 0.25) is 12.3 Å². The first kappa shape index (κ1) is 7.55. The maximum absolute atomic E-state index is 9.38. The highest BCUT2D eigenvalue weighted by atomic mass is 35.5. The molecule has 0 aromatic rings. The Hall–Kier alpha value is -1.09. The molecule has 0 aromatic carbocycles. The molecule has 2 atom stereocenters. The zero-order valence-electron chi connectivity index (χ0n) is 6.26. The maximum atomic E-state index is 9.38. The van der Waals surface area contributed by atoms with Crippen LogP contribution in [0.5, 0.6) is 0 Å². The predicted octanol–water partition coefficient (Wildman–Crippen LogP) is 1.18. The number of fused-ring (bicyclic) bond motifs is 1. The Morgan fingerprint density at radius 3 is 3.08 bits per heavy atom. The molecule has 0 saturated carbocycles. The predicted molar refractivity (Wildman–Crippen MR) is 47.0 cm³/mol. The molecule has 0 bridgehead atoms. The van der Waals surface area contributed by atoms with Gasteiger partial charge in [-0.3, -0.25) is 5.21 Å². The van der Waals surface area contributed by atoms with E-state index in [0.29, 0.717) is 5.17 Å². The lowest BCUT2D eigenvalue weighted by atomic mass is 9.97. The molecule has 12 heavy (non-hydrogen) atoms. The van der Waals surface area contributed by atoms with Crippen LogP contribution < -0.4 is 0 Å². The molecular formula is C8H8ClN2O+. The zero-order valence-corrected chi connectivity index (χ0v) is 7.02. The molecule has 0 aliphatic carbocycles. The Morgan fingerprint density at radius 2 is 2.33 bits per heavy atom. The van der Waals surface area contributed by atoms with E-state index in [1.54, 1.807) is 18.5 Å². The van der Waals surface area contributed by atoms with Crippen molar-refractivity contribution in [3.8, 4) is 0 Å². The highest BCUT2D eigenvalue weighted by Crippen LogP contribution is 2.21. The first-order valence-electron chi connectivity index (χ1n) is 3.68. The summed E-state index contributed by atoms with van der Waals surface area (Å²) in [7, 11) is 0. The Kier molecular flexibility index (Phi) is 1.73. The molecule has 3 nitrogen and oxygen atoms in total. The Morgan fingerprint density at radius 1 is 1.50 bits per heavy atom. The number of nitrogens with zero attached hydrogens (tertiary/aromatic N) is 2. The molecular weight excluding hydrogens is 176 g/mol. The van der Waals surface area contributed by atoms with E-state index >= 15 is 0 Å². The number of allylic oxidation sites excluding steroid dienone is 1. The summed E-state index contributed by atoms with van der Waals surface area (Å²) in [6.07, 6.45) is 8.71. The van der Waals surface area contributed by atoms with Gasteiger partial charge >= 0.3 is 0 Å². The molecule has 4 heteroatoms. The third-order valence-electron chi connectivity index (χ3n) is 1.99. The largest absolute Gasteiger partial charge is 0.290 e. The van der Waals surface area contributed by atoms with Gasteiger partial charge in [-0.1, -0.05) is 17.7 Å². The summed E-state index contributed by atoms with van der Waals surface area (Å²) in [6.45, 7) is 0. The fourth-order valence-electron chi connectivity index (χ4n) is 1.35. The molecule has 0 radical (unpaired) electrons. The van der Waals surface area contributed by atoms with Crippen LogP contribution in [0.1, 0.15) is 0 Å². The van der Waals surface area contributed by atoms with Gasteiger partial charge in [-0.25, -0.2) is 4.99 Å². The van der Waals surface area contributed by atoms with Crippen molar-refractivity contribution in [3.63, 3.8) is 0 Å². The molecule has 62 valence electrons. The summed E-state index contributed by atoms with van der Waals surface area (Å²) in [5, 5.41) is 9.90. The second-order valence-corrected chi connectivity index (χ2v) is 3.11. The molecule has 0 saturated heterocycles. The normalized spacial score (nSPS) is 32.4. The molecule has 0 aromatic heterocycles. The monoisotopic (exact) mass is 183 g/mol. The van der Waals surface area contributed by atoms with E-state index in [4.69, 9.17) is 11.6 Å². The van der Waals surface area contributed by atoms with Gasteiger partial charge in [-0.05, 0) is 4.74 Å². The van der Waals surface area contributed by atoms with Crippen molar-refractivity contribution < 1.29 is 9.95 Å². The summed E-state index contributed by atoms with van der Waals surface area (Å²) in [5.41, 5.74) is 0. The second-order valence-electron chi connectivity index (χ2n) is 2.72. The first-order chi connectivity index (χ1) is 5.79. The average molecular weight is 184 g/mol. The summed E-state index contributed by atoms with van der Waals surface area (Å²) in [6, 6.07) is -0.0972. The van der Waals surface area contributed by atoms with Crippen molar-refractivity contribution in [1.82, 2.24) is 0 Å². The number of aliphatic imine (C=N–C) groups is 1. The lowest BCUT2D eigenvalue weighted by Gasteiger charge is -2.18. The molecule has 0 amide bonds. The van der Waals surface area contributed by atoms with E-state index in [1.165, 1.54) is 0 Å². The molecule has 2 unspecified atom stereocenters. The van der Waals surface area contributed by atoms with Crippen LogP contribution in [0.25, 0.3) is 0 Å². The van der Waals surface area contributed by atoms with E-state index in [0.717, 1.165) is 4.74 Å². The fraction of sp³-hybridized carbons (Fsp3) is 0.250. The summed E-state index contributed by atoms with van der Waals surface area (Å²) in [4.78, 5) is 3.95. The second kappa shape index (κ2) is 2.75. The van der Waals surface area contributed by atoms with Crippen molar-refractivity contribution in [2.75, 3.05) is 0 Å². The highest BCUT2D eigenvalue weighted by Gasteiger charge is 2.34. The third-order valence-corrected chi connectivity index (χ3v) is 2.34. The Bertz CT molecular complexity index is 285. The van der Waals surface area contributed by atoms with Gasteiger partial charge in [0.25, 0.3) is 0 Å². The van der Waals surface area contributed by atoms with Crippen LogP contribution in [0, 0.1) is 5.92 Å². The van der Waals surface area contributed by atoms with Crippen LogP contribution in [0.3, 0.4) is 0 Å². The molecule has 2 aliphatic rings. The number of hydrogen-bond acceptors (Lipinski definition) is 2. The van der Waals surface area contributed by atoms with Gasteiger partial charge < -0.3 is 0 Å². The quantitative estimate of drug-likeness (QED) is 0.444. The lowest BCUT2D eigenvalue weighted by molar-refractivity contribution is -0.791. The van der Waals surface area contributed by atoms with Gasteiger partial charge in [0.15, 0.2) is 0 Å². The maximum Gasteiger partial charge on any atom is 0.234 e. The fourth-order valence-corrected chi connectivity index (χ4v) is 1.61. The van der Waals surface area contributed by atoms with Crippen molar-refractivity contribution in [1.29, 1.82) is 0 Å². The lowest BCUT2D eigenvalue weighted by Crippen LogP contribution is -2.36. The topological polar surface area (TPSA) is 35.6 Å². The zero-order chi connectivity index (χ0) is 8.55. The molecule has 1 N–H and O–H groups in total. The van der Waals surface area contributed by atoms with Crippen LogP contribution in [-0.2, 0) is 0 Å². The number of hydroxylamine groups is 1. The minimum atomic E-state index is -0.0972. The van der Waals surface area contributed by atoms with Crippen molar-refractivity contribution in [2.45, 2.75) is 6.04 Å². The third kappa shape index (κ3) is 1.06. The van der Waals surface area contributed by atoms with Crippen molar-refractivity contribution >= 4 is 23.0 Å². The van der Waals surface area contributed by atoms with Crippen molar-refractivity contribution in [3.05, 3.63) is 24.4 Å². The molecule has 2 heterocycles. The van der Waals surface area contributed by atoms with E-state index < -0.39 is 0 Å². The number of hydrogen-bond donors (Lipinski definition) is 1. The number of halogens is 1. The van der Waals surface area contributed by atoms with E-state index in [2.05, 4.69) is 4.99 Å². The average Bonchev–Trinajstić information content (AvgIpc) is 2.07. The Labute approximate surface area is 75.0 Å². The van der Waals surface area contributed by atoms with E-state index in [9.17, 15) is 5.21 Å². The SMILES string of the molecule is O[N+]1=CC=CC2C(Cl)=NC=CC21. The van der Waals surface area contributed by atoms with Gasteiger partial charge in [0.1, 0.15) is 11.1 Å². The van der Waals surface area contributed by atoms with E-state index in [1.807, 2.05) is 12.2 Å². The standard InChI is InChI=1S/C8H8ClN2O/c9-8-6-2-1-5-11(12)7(6)3-4-10-8/h1-7,12H/q+1. The molecule has 2 rings (SSSR count). The summed E-state index contributed by atoms with van der Waals surface area (Å²) < 4.78 is 1.14. The first-order valence-corrected chi connectivity index (χ1v) is 4.05. The van der Waals surface area contributed by atoms with Gasteiger partial charge in [-0.2, -0.15) is 0 Å². The molecule has 0 fully saturated rings. The highest BCUT2D eigenvalue weighted by molar-refractivity contribution is 6.66. The molecule has 2 aliphatic heterocycles. The van der Waals surface area contributed by atoms with Crippen LogP contribution >= 0.6 is 11.6 Å². The number of rotatable bonds is 0. The van der Waals surface area contributed by atoms with Crippen LogP contribution in [0.4, 0.5) is 0 Å². The smallest absolute Gasteiger partial charge is 0.234 e. The summed E-state index contributed by atoms with van der Waals surface area (Å²) in [5.74, 6) is -0.00772. The van der Waals surface area contributed by atoms with Crippen molar-refractivity contribution in [2.24, 2.45) is 10.9 Å². The van der Waals surface area contributed by atoms with E-state index in [-0.39, 0.29) is 12.0 Å². The van der Waals surface area contributed by atoms with Gasteiger partial charge in [-0.15, -0.1) is 0 Å².